The SMILES string of the molecule is O=C1CC=C2N(N3CCCC3C(F)(F)F)C=C3C=CC=CC32C1. The van der Waals surface area contributed by atoms with E-state index < -0.39 is 17.6 Å². The van der Waals surface area contributed by atoms with Gasteiger partial charge in [-0.3, -0.25) is 9.80 Å². The van der Waals surface area contributed by atoms with Crippen molar-refractivity contribution in [3.8, 4) is 0 Å². The maximum atomic E-state index is 13.3. The average Bonchev–Trinajstić information content (AvgIpc) is 3.07. The van der Waals surface area contributed by atoms with Gasteiger partial charge < -0.3 is 0 Å². The number of Topliss-reactive ketones (excluding diaryl/α,β-unsaturated/α-hetero) is 1. The van der Waals surface area contributed by atoms with Crippen LogP contribution in [0.2, 0.25) is 0 Å². The fourth-order valence-corrected chi connectivity index (χ4v) is 4.10. The summed E-state index contributed by atoms with van der Waals surface area (Å²) in [5.41, 5.74) is 1.11. The highest BCUT2D eigenvalue weighted by Gasteiger charge is 2.53. The molecule has 0 amide bonds. The number of carbonyl (C=O) groups is 1. The first kappa shape index (κ1) is 14.8. The van der Waals surface area contributed by atoms with E-state index in [9.17, 15) is 18.0 Å². The van der Waals surface area contributed by atoms with Crippen molar-refractivity contribution in [2.75, 3.05) is 6.54 Å². The summed E-state index contributed by atoms with van der Waals surface area (Å²) in [6, 6.07) is -1.46. The number of hydrazine groups is 1. The first-order valence-electron chi connectivity index (χ1n) is 7.85. The van der Waals surface area contributed by atoms with Crippen LogP contribution in [0.25, 0.3) is 0 Å². The lowest BCUT2D eigenvalue weighted by Gasteiger charge is -2.40. The van der Waals surface area contributed by atoms with Crippen LogP contribution in [0.3, 0.4) is 0 Å². The molecule has 3 nitrogen and oxygen atoms in total. The van der Waals surface area contributed by atoms with Crippen molar-refractivity contribution < 1.29 is 18.0 Å². The molecule has 1 fully saturated rings. The van der Waals surface area contributed by atoms with Crippen LogP contribution in [-0.4, -0.2) is 34.6 Å². The Morgan fingerprint density at radius 3 is 2.87 bits per heavy atom. The molecule has 6 heteroatoms. The summed E-state index contributed by atoms with van der Waals surface area (Å²) >= 11 is 0. The number of rotatable bonds is 1. The normalized spacial score (nSPS) is 33.6. The van der Waals surface area contributed by atoms with Crippen molar-refractivity contribution in [1.29, 1.82) is 0 Å². The minimum absolute atomic E-state index is 0.119. The van der Waals surface area contributed by atoms with Gasteiger partial charge in [0.2, 0.25) is 0 Å². The maximum Gasteiger partial charge on any atom is 0.405 e. The van der Waals surface area contributed by atoms with E-state index in [4.69, 9.17) is 0 Å². The van der Waals surface area contributed by atoms with Gasteiger partial charge in [0.25, 0.3) is 0 Å². The third-order valence-electron chi connectivity index (χ3n) is 5.13. The Labute approximate surface area is 132 Å². The highest BCUT2D eigenvalue weighted by Crippen LogP contribution is 2.53. The quantitative estimate of drug-likeness (QED) is 0.738. The van der Waals surface area contributed by atoms with E-state index in [2.05, 4.69) is 0 Å². The Morgan fingerprint density at radius 1 is 1.26 bits per heavy atom. The molecule has 0 aromatic rings. The van der Waals surface area contributed by atoms with E-state index in [1.807, 2.05) is 24.3 Å². The van der Waals surface area contributed by atoms with E-state index in [1.165, 1.54) is 5.01 Å². The number of hydrogen-bond donors (Lipinski definition) is 0. The molecule has 0 aromatic carbocycles. The highest BCUT2D eigenvalue weighted by molar-refractivity contribution is 5.85. The second-order valence-corrected chi connectivity index (χ2v) is 6.49. The summed E-state index contributed by atoms with van der Waals surface area (Å²) in [5, 5.41) is 3.07. The van der Waals surface area contributed by atoms with Crippen molar-refractivity contribution in [3.63, 3.8) is 0 Å². The molecule has 2 aliphatic carbocycles. The van der Waals surface area contributed by atoms with Crippen LogP contribution < -0.4 is 0 Å². The van der Waals surface area contributed by atoms with E-state index in [0.29, 0.717) is 19.4 Å². The summed E-state index contributed by atoms with van der Waals surface area (Å²) in [4.78, 5) is 12.0. The van der Waals surface area contributed by atoms with Gasteiger partial charge in [-0.05, 0) is 18.4 Å². The zero-order valence-corrected chi connectivity index (χ0v) is 12.5. The van der Waals surface area contributed by atoms with Gasteiger partial charge in [-0.1, -0.05) is 30.4 Å². The molecule has 2 heterocycles. The van der Waals surface area contributed by atoms with Crippen LogP contribution in [0.5, 0.6) is 0 Å². The number of allylic oxidation sites excluding steroid dienone is 5. The lowest BCUT2D eigenvalue weighted by atomic mass is 9.70. The molecule has 1 saturated heterocycles. The van der Waals surface area contributed by atoms with Gasteiger partial charge in [-0.2, -0.15) is 13.2 Å². The molecule has 0 N–H and O–H groups in total. The zero-order valence-electron chi connectivity index (χ0n) is 12.5. The molecule has 2 atom stereocenters. The molecule has 4 rings (SSSR count). The topological polar surface area (TPSA) is 23.6 Å². The molecule has 0 radical (unpaired) electrons. The molecular weight excluding hydrogens is 305 g/mol. The van der Waals surface area contributed by atoms with E-state index in [-0.39, 0.29) is 18.6 Å². The lowest BCUT2D eigenvalue weighted by molar-refractivity contribution is -0.199. The molecule has 0 saturated carbocycles. The van der Waals surface area contributed by atoms with Gasteiger partial charge in [-0.15, -0.1) is 0 Å². The standard InChI is InChI=1S/C17H17F3N2O/c18-17(19,20)15-5-3-9-21(15)22-11-12-4-1-2-8-16(12)10-13(23)6-7-14(16)22/h1-2,4,7-8,11,15H,3,5-6,9-10H2. The number of carbonyl (C=O) groups excluding carboxylic acids is 1. The largest absolute Gasteiger partial charge is 0.405 e. The number of halogens is 3. The summed E-state index contributed by atoms with van der Waals surface area (Å²) in [7, 11) is 0. The van der Waals surface area contributed by atoms with Crippen molar-refractivity contribution in [2.45, 2.75) is 37.9 Å². The third-order valence-corrected chi connectivity index (χ3v) is 5.13. The summed E-state index contributed by atoms with van der Waals surface area (Å²) in [6.07, 6.45) is 8.16. The van der Waals surface area contributed by atoms with Gasteiger partial charge in [-0.25, -0.2) is 5.01 Å². The van der Waals surface area contributed by atoms with Gasteiger partial charge >= 0.3 is 6.18 Å². The maximum absolute atomic E-state index is 13.3. The molecule has 0 aromatic heterocycles. The van der Waals surface area contributed by atoms with E-state index in [1.54, 1.807) is 17.3 Å². The number of nitrogens with zero attached hydrogens (tertiary/aromatic N) is 2. The number of alkyl halides is 3. The lowest BCUT2D eigenvalue weighted by Crippen LogP contribution is -2.49. The monoisotopic (exact) mass is 322 g/mol. The van der Waals surface area contributed by atoms with Crippen LogP contribution in [0.15, 0.2) is 47.9 Å². The van der Waals surface area contributed by atoms with Crippen LogP contribution in [0.1, 0.15) is 25.7 Å². The fourth-order valence-electron chi connectivity index (χ4n) is 4.10. The first-order valence-corrected chi connectivity index (χ1v) is 7.85. The number of ketones is 1. The molecule has 4 aliphatic rings. The molecule has 122 valence electrons. The predicted octanol–water partition coefficient (Wildman–Crippen LogP) is 3.49. The minimum atomic E-state index is -4.24. The van der Waals surface area contributed by atoms with Gasteiger partial charge in [0.05, 0.1) is 5.41 Å². The van der Waals surface area contributed by atoms with Crippen LogP contribution >= 0.6 is 0 Å². The Morgan fingerprint density at radius 2 is 2.09 bits per heavy atom. The summed E-state index contributed by atoms with van der Waals surface area (Å²) in [5.74, 6) is 0.121. The molecule has 2 aliphatic heterocycles. The summed E-state index contributed by atoms with van der Waals surface area (Å²) in [6.45, 7) is 0.378. The molecule has 2 unspecified atom stereocenters. The van der Waals surface area contributed by atoms with Crippen LogP contribution in [-0.2, 0) is 4.79 Å². The van der Waals surface area contributed by atoms with Crippen molar-refractivity contribution in [2.24, 2.45) is 5.41 Å². The van der Waals surface area contributed by atoms with Crippen molar-refractivity contribution in [1.82, 2.24) is 10.0 Å². The van der Waals surface area contributed by atoms with Gasteiger partial charge in [0.15, 0.2) is 0 Å². The Balaban J connectivity index is 1.76. The Kier molecular flexibility index (Phi) is 3.10. The highest BCUT2D eigenvalue weighted by atomic mass is 19.4. The zero-order chi connectivity index (χ0) is 16.2. The molecule has 0 bridgehead atoms. The fraction of sp³-hybridized carbons (Fsp3) is 0.471. The van der Waals surface area contributed by atoms with E-state index >= 15 is 0 Å². The van der Waals surface area contributed by atoms with E-state index in [0.717, 1.165) is 11.3 Å². The average molecular weight is 322 g/mol. The van der Waals surface area contributed by atoms with Crippen LogP contribution in [0.4, 0.5) is 13.2 Å². The second kappa shape index (κ2) is 4.84. The smallest absolute Gasteiger partial charge is 0.299 e. The van der Waals surface area contributed by atoms with Crippen molar-refractivity contribution in [3.05, 3.63) is 47.9 Å². The van der Waals surface area contributed by atoms with Gasteiger partial charge in [0, 0.05) is 31.3 Å². The summed E-state index contributed by atoms with van der Waals surface area (Å²) < 4.78 is 40.0. The molecular formula is C17H17F3N2O. The van der Waals surface area contributed by atoms with Crippen molar-refractivity contribution >= 4 is 5.78 Å². The third kappa shape index (κ3) is 2.11. The van der Waals surface area contributed by atoms with Gasteiger partial charge in [0.1, 0.15) is 11.8 Å². The number of hydrogen-bond acceptors (Lipinski definition) is 3. The first-order chi connectivity index (χ1) is 10.9. The second-order valence-electron chi connectivity index (χ2n) is 6.49. The minimum Gasteiger partial charge on any atom is -0.299 e. The molecule has 1 spiro atoms. The Bertz CT molecular complexity index is 674. The van der Waals surface area contributed by atoms with Crippen LogP contribution in [0, 0.1) is 5.41 Å². The Hall–Kier alpha value is -1.82. The molecule has 23 heavy (non-hydrogen) atoms. The predicted molar refractivity (Wildman–Crippen MR) is 78.7 cm³/mol.